The highest BCUT2D eigenvalue weighted by atomic mass is 35.5. The van der Waals surface area contributed by atoms with E-state index in [-0.39, 0.29) is 28.9 Å². The lowest BCUT2D eigenvalue weighted by molar-refractivity contribution is -0.141. The van der Waals surface area contributed by atoms with Crippen molar-refractivity contribution in [1.82, 2.24) is 10.6 Å². The van der Waals surface area contributed by atoms with Gasteiger partial charge in [0.05, 0.1) is 17.6 Å². The first kappa shape index (κ1) is 37.7. The zero-order chi connectivity index (χ0) is 34.8. The third-order valence-corrected chi connectivity index (χ3v) is 9.29. The smallest absolute Gasteiger partial charge is 0.326 e. The molecule has 0 saturated carbocycles. The number of alkyl halides is 1. The number of hydrogen-bond donors (Lipinski definition) is 8. The summed E-state index contributed by atoms with van der Waals surface area (Å²) in [6, 6.07) is 12.2. The van der Waals surface area contributed by atoms with Gasteiger partial charge in [0.25, 0.3) is 5.91 Å². The number of rotatable bonds is 16. The number of ether oxygens (including phenoxy) is 1. The van der Waals surface area contributed by atoms with Gasteiger partial charge in [-0.15, -0.1) is 11.6 Å². The first-order chi connectivity index (χ1) is 22.9. The predicted octanol–water partition coefficient (Wildman–Crippen LogP) is 3.90. The van der Waals surface area contributed by atoms with E-state index in [9.17, 15) is 30.0 Å². The summed E-state index contributed by atoms with van der Waals surface area (Å²) in [6.07, 6.45) is 4.05. The number of phenols is 1. The van der Waals surface area contributed by atoms with Gasteiger partial charge in [-0.3, -0.25) is 10.1 Å². The molecule has 9 N–H and O–H groups in total. The lowest BCUT2D eigenvalue weighted by atomic mass is 9.91. The van der Waals surface area contributed by atoms with Crippen LogP contribution in [0, 0.1) is 11.8 Å². The van der Waals surface area contributed by atoms with Crippen molar-refractivity contribution < 1.29 is 34.8 Å². The Labute approximate surface area is 294 Å². The fourth-order valence-corrected chi connectivity index (χ4v) is 6.76. The molecule has 0 radical (unpaired) electrons. The fourth-order valence-electron chi connectivity index (χ4n) is 5.51. The number of aliphatic hydroxyl groups excluding tert-OH is 2. The number of carboxylic acids is 1. The van der Waals surface area contributed by atoms with Crippen molar-refractivity contribution in [2.75, 3.05) is 18.5 Å². The van der Waals surface area contributed by atoms with Crippen LogP contribution in [-0.4, -0.2) is 75.4 Å². The zero-order valence-corrected chi connectivity index (χ0v) is 28.3. The lowest BCUT2D eigenvalue weighted by Gasteiger charge is -2.34. The van der Waals surface area contributed by atoms with E-state index in [2.05, 4.69) is 16.0 Å². The number of hydrogen-bond acceptors (Lipinski definition) is 9. The number of nitrogens with one attached hydrogen (secondary N) is 3. The van der Waals surface area contributed by atoms with Gasteiger partial charge in [0.1, 0.15) is 24.2 Å². The van der Waals surface area contributed by atoms with E-state index in [1.54, 1.807) is 66.8 Å². The van der Waals surface area contributed by atoms with Crippen LogP contribution in [0.3, 0.4) is 0 Å². The molecule has 0 saturated heterocycles. The number of carbonyl (C=O) groups is 2. The molecule has 0 spiro atoms. The normalized spacial score (nSPS) is 22.8. The molecule has 2 aliphatic carbocycles. The van der Waals surface area contributed by atoms with Gasteiger partial charge in [0, 0.05) is 46.6 Å². The highest BCUT2D eigenvalue weighted by Crippen LogP contribution is 2.36. The Morgan fingerprint density at radius 2 is 1.79 bits per heavy atom. The van der Waals surface area contributed by atoms with Gasteiger partial charge in [-0.25, -0.2) is 4.79 Å². The van der Waals surface area contributed by atoms with Crippen molar-refractivity contribution in [3.8, 4) is 5.75 Å². The van der Waals surface area contributed by atoms with Crippen LogP contribution in [0.4, 0.5) is 5.69 Å². The van der Waals surface area contributed by atoms with Gasteiger partial charge in [-0.2, -0.15) is 0 Å². The van der Waals surface area contributed by atoms with Crippen molar-refractivity contribution in [2.24, 2.45) is 17.6 Å². The standard InChI is InChI=1S/C34H41Cl3N4O7/c35-26-15-21(31(43)39-18-20-3-1-4-23(42)13-20)7-10-25(26)32(44)41-29(34(46)47)14-19-5-8-22(9-6-19)40-33(45)30-27(36)16-24(17-28(30)37)48-12-2-11-38/h1,3-6,8-10,13,15-16,21,24,28-31,33,39-40,42-43,45H,2,7,11-12,14,17-18,38H2,(H,41,44)(H,46,47)/t21?,24-,28-,29+,30?,31?,33+/m1/s1. The Balaban J connectivity index is 1.29. The molecule has 11 nitrogen and oxygen atoms in total. The van der Waals surface area contributed by atoms with Crippen molar-refractivity contribution in [2.45, 2.75) is 62.2 Å². The highest BCUT2D eigenvalue weighted by molar-refractivity contribution is 6.35. The van der Waals surface area contributed by atoms with Gasteiger partial charge >= 0.3 is 5.97 Å². The molecule has 0 bridgehead atoms. The second-order valence-corrected chi connectivity index (χ2v) is 13.2. The Morgan fingerprint density at radius 1 is 1.04 bits per heavy atom. The number of benzene rings is 2. The molecule has 2 aromatic rings. The van der Waals surface area contributed by atoms with Gasteiger partial charge in [-0.05, 0) is 67.3 Å². The minimum atomic E-state index is -1.25. The number of phenolic OH excluding ortho intramolecular Hbond substituents is 1. The Kier molecular flexibility index (Phi) is 14.2. The van der Waals surface area contributed by atoms with E-state index in [4.69, 9.17) is 45.3 Å². The quantitative estimate of drug-likeness (QED) is 0.0718. The lowest BCUT2D eigenvalue weighted by Crippen LogP contribution is -2.43. The van der Waals surface area contributed by atoms with Gasteiger partial charge in [-0.1, -0.05) is 59.6 Å². The molecule has 0 fully saturated rings. The van der Waals surface area contributed by atoms with Crippen LogP contribution in [0.15, 0.2) is 82.4 Å². The van der Waals surface area contributed by atoms with Crippen LogP contribution in [0.5, 0.6) is 5.75 Å². The molecule has 2 aromatic carbocycles. The number of aromatic hydroxyl groups is 1. The molecular weight excluding hydrogens is 683 g/mol. The van der Waals surface area contributed by atoms with E-state index >= 15 is 0 Å². The number of anilines is 1. The first-order valence-electron chi connectivity index (χ1n) is 15.6. The summed E-state index contributed by atoms with van der Waals surface area (Å²) in [5.41, 5.74) is 7.61. The maximum Gasteiger partial charge on any atom is 0.326 e. The van der Waals surface area contributed by atoms with E-state index in [1.165, 1.54) is 0 Å². The maximum atomic E-state index is 13.1. The Bertz CT molecular complexity index is 1500. The van der Waals surface area contributed by atoms with E-state index < -0.39 is 47.6 Å². The number of aliphatic hydroxyl groups is 2. The first-order valence-corrected chi connectivity index (χ1v) is 16.8. The van der Waals surface area contributed by atoms with E-state index in [0.717, 1.165) is 12.0 Å². The van der Waals surface area contributed by atoms with Crippen molar-refractivity contribution in [3.63, 3.8) is 0 Å². The van der Waals surface area contributed by atoms with Crippen LogP contribution in [0.1, 0.15) is 30.4 Å². The minimum Gasteiger partial charge on any atom is -0.508 e. The monoisotopic (exact) mass is 722 g/mol. The number of nitrogens with two attached hydrogens (primary N) is 1. The maximum absolute atomic E-state index is 13.1. The SMILES string of the molecule is NCCCO[C@@H]1C=C(Cl)C([C@H](O)Nc2ccc(C[C@H](NC(=O)C3=CCC(C(O)NCc4cccc(O)c4)C=C3Cl)C(=O)O)cc2)[C@H](Cl)C1. The predicted molar refractivity (Wildman–Crippen MR) is 186 cm³/mol. The third-order valence-electron chi connectivity index (χ3n) is 8.13. The van der Waals surface area contributed by atoms with Crippen molar-refractivity contribution >= 4 is 52.4 Å². The van der Waals surface area contributed by atoms with Crippen LogP contribution in [0.25, 0.3) is 0 Å². The van der Waals surface area contributed by atoms with Gasteiger partial charge in [0.15, 0.2) is 0 Å². The Morgan fingerprint density at radius 3 is 2.44 bits per heavy atom. The van der Waals surface area contributed by atoms with Crippen LogP contribution in [-0.2, 0) is 27.3 Å². The molecule has 3 unspecified atom stereocenters. The van der Waals surface area contributed by atoms with Crippen LogP contribution < -0.4 is 21.7 Å². The third kappa shape index (κ3) is 10.7. The van der Waals surface area contributed by atoms with Crippen molar-refractivity contribution in [1.29, 1.82) is 0 Å². The average molecular weight is 724 g/mol. The topological polar surface area (TPSA) is 186 Å². The molecule has 0 aromatic heterocycles. The van der Waals surface area contributed by atoms with Crippen LogP contribution >= 0.6 is 34.8 Å². The summed E-state index contributed by atoms with van der Waals surface area (Å²) >= 11 is 19.4. The molecule has 14 heteroatoms. The summed E-state index contributed by atoms with van der Waals surface area (Å²) in [7, 11) is 0. The van der Waals surface area contributed by atoms with Gasteiger partial charge in [0.2, 0.25) is 0 Å². The van der Waals surface area contributed by atoms with E-state index in [1.807, 2.05) is 0 Å². The van der Waals surface area contributed by atoms with E-state index in [0.29, 0.717) is 48.8 Å². The number of amides is 1. The largest absolute Gasteiger partial charge is 0.508 e. The summed E-state index contributed by atoms with van der Waals surface area (Å²) in [4.78, 5) is 25.1. The molecule has 0 heterocycles. The minimum absolute atomic E-state index is 0.00862. The second kappa shape index (κ2) is 18.0. The summed E-state index contributed by atoms with van der Waals surface area (Å²) < 4.78 is 5.75. The molecule has 1 amide bonds. The highest BCUT2D eigenvalue weighted by Gasteiger charge is 2.36. The fraction of sp³-hybridized carbons (Fsp3) is 0.412. The number of carbonyl (C=O) groups excluding carboxylic acids is 1. The molecule has 4 rings (SSSR count). The van der Waals surface area contributed by atoms with Gasteiger partial charge < -0.3 is 41.5 Å². The molecule has 2 aliphatic rings. The Hall–Kier alpha value is -3.13. The van der Waals surface area contributed by atoms with Crippen molar-refractivity contribution in [3.05, 3.63) is 93.5 Å². The number of halogens is 3. The molecule has 7 atom stereocenters. The molecule has 48 heavy (non-hydrogen) atoms. The average Bonchev–Trinajstić information content (AvgIpc) is 3.04. The summed E-state index contributed by atoms with van der Waals surface area (Å²) in [5, 5.41) is 49.5. The number of carboxylic acid groups (broad SMARTS) is 1. The second-order valence-electron chi connectivity index (χ2n) is 11.8. The number of allylic oxidation sites excluding steroid dienone is 1. The zero-order valence-electron chi connectivity index (χ0n) is 26.1. The summed E-state index contributed by atoms with van der Waals surface area (Å²) in [6.45, 7) is 1.32. The van der Waals surface area contributed by atoms with Crippen LogP contribution in [0.2, 0.25) is 0 Å². The molecular formula is C34H41Cl3N4O7. The molecule has 0 aliphatic heterocycles. The number of aliphatic carboxylic acids is 1. The summed E-state index contributed by atoms with van der Waals surface area (Å²) in [5.74, 6) is -2.74. The molecule has 260 valence electrons.